The van der Waals surface area contributed by atoms with Crippen LogP contribution in [0.1, 0.15) is 19.4 Å². The van der Waals surface area contributed by atoms with Gasteiger partial charge in [0, 0.05) is 19.1 Å². The minimum absolute atomic E-state index is 0.398. The third kappa shape index (κ3) is 4.22. The van der Waals surface area contributed by atoms with E-state index in [2.05, 4.69) is 29.5 Å². The van der Waals surface area contributed by atoms with E-state index in [1.54, 1.807) is 0 Å². The second-order valence-electron chi connectivity index (χ2n) is 4.95. The van der Waals surface area contributed by atoms with E-state index >= 15 is 0 Å². The maximum absolute atomic E-state index is 11.0. The number of nitrogens with one attached hydrogen (secondary N) is 3. The molecule has 1 aromatic carbocycles. The maximum Gasteiger partial charge on any atom is 0.417 e. The van der Waals surface area contributed by atoms with Crippen LogP contribution in [-0.2, 0) is 6.42 Å². The average molecular weight is 263 g/mol. The smallest absolute Gasteiger partial charge is 0.408 e. The summed E-state index contributed by atoms with van der Waals surface area (Å²) in [7, 11) is 0. The van der Waals surface area contributed by atoms with Gasteiger partial charge in [-0.1, -0.05) is 19.9 Å². The van der Waals surface area contributed by atoms with Crippen molar-refractivity contribution in [3.63, 3.8) is 0 Å². The topological polar surface area (TPSA) is 70.1 Å². The lowest BCUT2D eigenvalue weighted by Gasteiger charge is -2.08. The molecule has 1 heterocycles. The normalized spacial score (nSPS) is 11.5. The van der Waals surface area contributed by atoms with E-state index in [9.17, 15) is 4.79 Å². The van der Waals surface area contributed by atoms with Crippen LogP contribution in [0.3, 0.4) is 0 Å². The highest BCUT2D eigenvalue weighted by molar-refractivity contribution is 5.72. The number of aromatic nitrogens is 1. The quantitative estimate of drug-likeness (QED) is 0.658. The van der Waals surface area contributed by atoms with Gasteiger partial charge in [-0.05, 0) is 30.7 Å². The summed E-state index contributed by atoms with van der Waals surface area (Å²) < 4.78 is 5.04. The highest BCUT2D eigenvalue weighted by Gasteiger charge is 2.01. The molecular formula is C14H21N3O2. The van der Waals surface area contributed by atoms with E-state index in [-0.39, 0.29) is 0 Å². The predicted octanol–water partition coefficient (Wildman–Crippen LogP) is 1.25. The monoisotopic (exact) mass is 263 g/mol. The Morgan fingerprint density at radius 3 is 2.89 bits per heavy atom. The van der Waals surface area contributed by atoms with Gasteiger partial charge in [-0.3, -0.25) is 4.98 Å². The number of hydrogen-bond acceptors (Lipinski definition) is 4. The van der Waals surface area contributed by atoms with Gasteiger partial charge in [0.2, 0.25) is 0 Å². The first kappa shape index (κ1) is 13.8. The average Bonchev–Trinajstić information content (AvgIpc) is 2.72. The Balaban J connectivity index is 1.77. The third-order valence-electron chi connectivity index (χ3n) is 2.93. The summed E-state index contributed by atoms with van der Waals surface area (Å²) >= 11 is 0. The molecule has 0 radical (unpaired) electrons. The lowest BCUT2D eigenvalue weighted by Crippen LogP contribution is -2.32. The number of H-pyrrole nitrogens is 1. The molecule has 2 aromatic rings. The molecule has 0 aliphatic heterocycles. The number of fused-ring (bicyclic) bond motifs is 1. The van der Waals surface area contributed by atoms with Crippen molar-refractivity contribution in [1.82, 2.24) is 15.6 Å². The molecule has 0 aliphatic rings. The van der Waals surface area contributed by atoms with E-state index in [4.69, 9.17) is 4.42 Å². The van der Waals surface area contributed by atoms with Crippen molar-refractivity contribution in [3.8, 4) is 0 Å². The molecule has 2 rings (SSSR count). The molecule has 0 spiro atoms. The Bertz CT molecular complexity index is 571. The van der Waals surface area contributed by atoms with Crippen LogP contribution in [0.5, 0.6) is 0 Å². The van der Waals surface area contributed by atoms with Crippen molar-refractivity contribution in [2.24, 2.45) is 0 Å². The van der Waals surface area contributed by atoms with Crippen molar-refractivity contribution in [1.29, 1.82) is 0 Å². The summed E-state index contributed by atoms with van der Waals surface area (Å²) in [5.41, 5.74) is 2.55. The van der Waals surface area contributed by atoms with Gasteiger partial charge >= 0.3 is 5.76 Å². The summed E-state index contributed by atoms with van der Waals surface area (Å²) in [6.45, 7) is 7.13. The largest absolute Gasteiger partial charge is 0.417 e. The third-order valence-corrected chi connectivity index (χ3v) is 2.93. The van der Waals surface area contributed by atoms with E-state index in [1.165, 1.54) is 5.56 Å². The van der Waals surface area contributed by atoms with Gasteiger partial charge in [-0.2, -0.15) is 0 Å². The fourth-order valence-corrected chi connectivity index (χ4v) is 1.95. The molecular weight excluding hydrogens is 242 g/mol. The zero-order valence-electron chi connectivity index (χ0n) is 11.5. The fraction of sp³-hybridized carbons (Fsp3) is 0.500. The molecule has 0 aliphatic carbocycles. The molecule has 0 atom stereocenters. The summed E-state index contributed by atoms with van der Waals surface area (Å²) in [5.74, 6) is -0.398. The van der Waals surface area contributed by atoms with Gasteiger partial charge in [0.1, 0.15) is 0 Å². The maximum atomic E-state index is 11.0. The van der Waals surface area contributed by atoms with Gasteiger partial charge in [0.05, 0.1) is 5.52 Å². The van der Waals surface area contributed by atoms with Gasteiger partial charge in [-0.15, -0.1) is 0 Å². The van der Waals surface area contributed by atoms with Crippen LogP contribution in [0.4, 0.5) is 0 Å². The number of oxazole rings is 1. The van der Waals surface area contributed by atoms with Gasteiger partial charge in [-0.25, -0.2) is 4.79 Å². The van der Waals surface area contributed by atoms with Crippen LogP contribution in [0, 0.1) is 0 Å². The molecule has 104 valence electrons. The number of aromatic amines is 1. The standard InChI is InChI=1S/C14H21N3O2/c1-10(2)16-8-7-15-6-5-11-3-4-12-13(9-11)19-14(18)17-12/h3-4,9-10,15-16H,5-8H2,1-2H3,(H,17,18). The predicted molar refractivity (Wildman–Crippen MR) is 76.5 cm³/mol. The zero-order chi connectivity index (χ0) is 13.7. The highest BCUT2D eigenvalue weighted by atomic mass is 16.4. The van der Waals surface area contributed by atoms with E-state index < -0.39 is 5.76 Å². The summed E-state index contributed by atoms with van der Waals surface area (Å²) in [4.78, 5) is 13.7. The van der Waals surface area contributed by atoms with Crippen LogP contribution in [-0.4, -0.2) is 30.7 Å². The number of benzene rings is 1. The van der Waals surface area contributed by atoms with Crippen molar-refractivity contribution in [2.75, 3.05) is 19.6 Å². The van der Waals surface area contributed by atoms with Crippen molar-refractivity contribution < 1.29 is 4.42 Å². The molecule has 3 N–H and O–H groups in total. The molecule has 0 saturated carbocycles. The summed E-state index contributed by atoms with van der Waals surface area (Å²) in [6.07, 6.45) is 0.923. The van der Waals surface area contributed by atoms with Crippen molar-refractivity contribution in [2.45, 2.75) is 26.3 Å². The first-order valence-corrected chi connectivity index (χ1v) is 6.71. The second-order valence-corrected chi connectivity index (χ2v) is 4.95. The molecule has 1 aromatic heterocycles. The van der Waals surface area contributed by atoms with Crippen molar-refractivity contribution >= 4 is 11.1 Å². The minimum atomic E-state index is -0.398. The Morgan fingerprint density at radius 1 is 1.26 bits per heavy atom. The van der Waals surface area contributed by atoms with Crippen LogP contribution >= 0.6 is 0 Å². The Kier molecular flexibility index (Phi) is 4.76. The van der Waals surface area contributed by atoms with Gasteiger partial charge in [0.15, 0.2) is 5.58 Å². The highest BCUT2D eigenvalue weighted by Crippen LogP contribution is 2.12. The molecule has 0 fully saturated rings. The Labute approximate surface area is 112 Å². The molecule has 5 nitrogen and oxygen atoms in total. The minimum Gasteiger partial charge on any atom is -0.408 e. The Hall–Kier alpha value is -1.59. The van der Waals surface area contributed by atoms with Crippen LogP contribution < -0.4 is 16.4 Å². The molecule has 0 saturated heterocycles. The molecule has 19 heavy (non-hydrogen) atoms. The lowest BCUT2D eigenvalue weighted by molar-refractivity contribution is 0.552. The number of rotatable bonds is 7. The molecule has 0 unspecified atom stereocenters. The Morgan fingerprint density at radius 2 is 2.11 bits per heavy atom. The molecule has 0 bridgehead atoms. The SMILES string of the molecule is CC(C)NCCNCCc1ccc2[nH]c(=O)oc2c1. The summed E-state index contributed by atoms with van der Waals surface area (Å²) in [6, 6.07) is 6.35. The van der Waals surface area contributed by atoms with Crippen LogP contribution in [0.25, 0.3) is 11.1 Å². The molecule has 0 amide bonds. The first-order chi connectivity index (χ1) is 9.15. The van der Waals surface area contributed by atoms with Gasteiger partial charge in [0.25, 0.3) is 0 Å². The summed E-state index contributed by atoms with van der Waals surface area (Å²) in [5, 5.41) is 6.73. The zero-order valence-corrected chi connectivity index (χ0v) is 11.5. The van der Waals surface area contributed by atoms with E-state index in [0.717, 1.165) is 31.6 Å². The lowest BCUT2D eigenvalue weighted by atomic mass is 10.1. The fourth-order valence-electron chi connectivity index (χ4n) is 1.95. The van der Waals surface area contributed by atoms with Crippen LogP contribution in [0.15, 0.2) is 27.4 Å². The first-order valence-electron chi connectivity index (χ1n) is 6.71. The van der Waals surface area contributed by atoms with E-state index in [1.807, 2.05) is 18.2 Å². The van der Waals surface area contributed by atoms with Crippen LogP contribution in [0.2, 0.25) is 0 Å². The molecule has 5 heteroatoms. The number of hydrogen-bond donors (Lipinski definition) is 3. The van der Waals surface area contributed by atoms with E-state index in [0.29, 0.717) is 11.6 Å². The second kappa shape index (κ2) is 6.54. The van der Waals surface area contributed by atoms with Gasteiger partial charge < -0.3 is 15.1 Å². The van der Waals surface area contributed by atoms with Crippen molar-refractivity contribution in [3.05, 3.63) is 34.3 Å².